The molecule has 1 spiro atoms. The molecule has 0 saturated heterocycles. The summed E-state index contributed by atoms with van der Waals surface area (Å²) in [7, 11) is 4.34. The van der Waals surface area contributed by atoms with Gasteiger partial charge in [0.2, 0.25) is 0 Å². The van der Waals surface area contributed by atoms with Crippen molar-refractivity contribution in [1.82, 2.24) is 9.88 Å². The maximum atomic E-state index is 13.1. The SMILES string of the molecule is C[C@@H](COc1ccnc2c1[C@H](C)CCC2)CC1Cc2cc3c(cc2C12CCC(Nc1cccc(Cl)c1)(C(=O)O)CC2)OCC(C1(N(C)C)CC1)CO3. The molecule has 5 aliphatic rings. The smallest absolute Gasteiger partial charge is 0.329 e. The summed E-state index contributed by atoms with van der Waals surface area (Å²) < 4.78 is 19.8. The molecule has 52 heavy (non-hydrogen) atoms. The average molecular weight is 728 g/mol. The molecule has 2 fully saturated rings. The molecule has 278 valence electrons. The van der Waals surface area contributed by atoms with Gasteiger partial charge in [0.15, 0.2) is 11.5 Å². The number of nitrogens with zero attached hydrogens (tertiary/aromatic N) is 2. The fourth-order valence-corrected chi connectivity index (χ4v) is 10.6. The number of rotatable bonds is 10. The number of benzene rings is 2. The van der Waals surface area contributed by atoms with E-state index >= 15 is 0 Å². The fraction of sp³-hybridized carbons (Fsp3) is 0.581. The highest BCUT2D eigenvalue weighted by atomic mass is 35.5. The van der Waals surface area contributed by atoms with Gasteiger partial charge in [-0.2, -0.15) is 0 Å². The Labute approximate surface area is 313 Å². The van der Waals surface area contributed by atoms with Crippen LogP contribution < -0.4 is 19.5 Å². The lowest BCUT2D eigenvalue weighted by atomic mass is 9.59. The van der Waals surface area contributed by atoms with Crippen LogP contribution in [0.15, 0.2) is 48.7 Å². The summed E-state index contributed by atoms with van der Waals surface area (Å²) in [5.74, 6) is 3.27. The Bertz CT molecular complexity index is 1820. The summed E-state index contributed by atoms with van der Waals surface area (Å²) in [6.07, 6.45) is 12.1. The lowest BCUT2D eigenvalue weighted by molar-refractivity contribution is -0.144. The van der Waals surface area contributed by atoms with Crippen molar-refractivity contribution < 1.29 is 24.1 Å². The van der Waals surface area contributed by atoms with Gasteiger partial charge < -0.3 is 29.5 Å². The number of carbonyl (C=O) groups is 1. The number of aryl methyl sites for hydroxylation is 1. The molecular weight excluding hydrogens is 674 g/mol. The maximum Gasteiger partial charge on any atom is 0.329 e. The van der Waals surface area contributed by atoms with E-state index in [1.165, 1.54) is 48.1 Å². The van der Waals surface area contributed by atoms with Crippen molar-refractivity contribution in [2.24, 2.45) is 17.8 Å². The molecule has 1 aliphatic heterocycles. The van der Waals surface area contributed by atoms with Crippen LogP contribution in [-0.4, -0.2) is 66.0 Å². The van der Waals surface area contributed by atoms with Crippen LogP contribution in [0, 0.1) is 17.8 Å². The van der Waals surface area contributed by atoms with Crippen molar-refractivity contribution in [3.8, 4) is 17.2 Å². The number of aliphatic carboxylic acids is 1. The van der Waals surface area contributed by atoms with Gasteiger partial charge in [0.25, 0.3) is 0 Å². The lowest BCUT2D eigenvalue weighted by Crippen LogP contribution is -2.53. The largest absolute Gasteiger partial charge is 0.493 e. The summed E-state index contributed by atoms with van der Waals surface area (Å²) in [4.78, 5) is 20.1. The Hall–Kier alpha value is -3.49. The predicted molar refractivity (Wildman–Crippen MR) is 204 cm³/mol. The maximum absolute atomic E-state index is 13.1. The number of anilines is 1. The van der Waals surface area contributed by atoms with Crippen LogP contribution in [0.3, 0.4) is 0 Å². The molecular formula is C43H54ClN3O5. The molecule has 8 nitrogen and oxygen atoms in total. The zero-order valence-electron chi connectivity index (χ0n) is 31.2. The van der Waals surface area contributed by atoms with Crippen molar-refractivity contribution in [3.05, 3.63) is 76.1 Å². The minimum absolute atomic E-state index is 0.155. The van der Waals surface area contributed by atoms with Crippen molar-refractivity contribution >= 4 is 23.3 Å². The van der Waals surface area contributed by atoms with Gasteiger partial charge in [-0.1, -0.05) is 31.5 Å². The molecule has 2 unspecified atom stereocenters. The van der Waals surface area contributed by atoms with E-state index in [1.54, 1.807) is 0 Å². The standard InChI is InChI=1S/C43H54ClN3O5/c1-27(24-50-36-11-18-45-35-10-5-7-28(2)39(35)36)19-30-20-29-21-37-38(52-26-31(25-51-37)43(16-17-43)47(3)4)23-34(29)41(30)12-14-42(15-13-41,40(48)49)46-33-9-6-8-32(44)22-33/h6,8-9,11,18,21-23,27-28,30-31,46H,5,7,10,12-17,19-20,24-26H2,1-4H3,(H,48,49)/t27-,28-,30?,31?,41?,42?/m1/s1. The number of halogens is 1. The molecule has 0 bridgehead atoms. The molecule has 2 heterocycles. The Morgan fingerprint density at radius 2 is 1.83 bits per heavy atom. The van der Waals surface area contributed by atoms with Gasteiger partial charge in [-0.05, 0) is 155 Å². The highest BCUT2D eigenvalue weighted by molar-refractivity contribution is 6.30. The minimum Gasteiger partial charge on any atom is -0.493 e. The van der Waals surface area contributed by atoms with Crippen LogP contribution in [0.5, 0.6) is 17.2 Å². The van der Waals surface area contributed by atoms with Gasteiger partial charge in [0, 0.05) is 39.6 Å². The van der Waals surface area contributed by atoms with E-state index in [-0.39, 0.29) is 11.0 Å². The summed E-state index contributed by atoms with van der Waals surface area (Å²) in [5.41, 5.74) is 4.76. The van der Waals surface area contributed by atoms with Crippen molar-refractivity contribution in [1.29, 1.82) is 0 Å². The minimum atomic E-state index is -1.07. The van der Waals surface area contributed by atoms with E-state index in [1.807, 2.05) is 36.5 Å². The number of carboxylic acid groups (broad SMARTS) is 1. The number of nitrogens with one attached hydrogen (secondary N) is 1. The molecule has 3 aromatic rings. The first-order chi connectivity index (χ1) is 25.0. The number of ether oxygens (including phenoxy) is 3. The molecule has 2 saturated carbocycles. The lowest BCUT2D eigenvalue weighted by Gasteiger charge is -2.47. The molecule has 8 rings (SSSR count). The Morgan fingerprint density at radius 3 is 2.52 bits per heavy atom. The first kappa shape index (κ1) is 35.5. The summed E-state index contributed by atoms with van der Waals surface area (Å²) in [6, 6.07) is 14.0. The monoisotopic (exact) mass is 727 g/mol. The zero-order valence-corrected chi connectivity index (χ0v) is 31.9. The van der Waals surface area contributed by atoms with E-state index in [4.69, 9.17) is 25.8 Å². The molecule has 4 aliphatic carbocycles. The van der Waals surface area contributed by atoms with Crippen LogP contribution in [0.2, 0.25) is 5.02 Å². The van der Waals surface area contributed by atoms with Crippen molar-refractivity contribution in [2.75, 3.05) is 39.2 Å². The molecule has 0 radical (unpaired) electrons. The third-order valence-electron chi connectivity index (χ3n) is 13.6. The Morgan fingerprint density at radius 1 is 1.08 bits per heavy atom. The number of hydrogen-bond donors (Lipinski definition) is 2. The number of pyridine rings is 1. The van der Waals surface area contributed by atoms with E-state index in [0.717, 1.165) is 55.0 Å². The van der Waals surface area contributed by atoms with Gasteiger partial charge in [0.05, 0.1) is 19.8 Å². The molecule has 1 aromatic heterocycles. The zero-order chi connectivity index (χ0) is 36.3. The average Bonchev–Trinajstić information content (AvgIpc) is 3.92. The normalized spacial score (nSPS) is 29.2. The quantitative estimate of drug-likeness (QED) is 0.214. The summed E-state index contributed by atoms with van der Waals surface area (Å²) >= 11 is 6.31. The molecule has 4 atom stereocenters. The van der Waals surface area contributed by atoms with Crippen LogP contribution in [0.25, 0.3) is 0 Å². The Kier molecular flexibility index (Phi) is 9.38. The number of aromatic nitrogens is 1. The highest BCUT2D eigenvalue weighted by Gasteiger charge is 2.55. The van der Waals surface area contributed by atoms with E-state index < -0.39 is 11.5 Å². The van der Waals surface area contributed by atoms with Crippen LogP contribution in [-0.2, 0) is 23.1 Å². The van der Waals surface area contributed by atoms with Crippen molar-refractivity contribution in [3.63, 3.8) is 0 Å². The van der Waals surface area contributed by atoms with Gasteiger partial charge in [-0.25, -0.2) is 4.79 Å². The van der Waals surface area contributed by atoms with Gasteiger partial charge in [0.1, 0.15) is 11.3 Å². The Balaban J connectivity index is 1.06. The van der Waals surface area contributed by atoms with Gasteiger partial charge >= 0.3 is 5.97 Å². The van der Waals surface area contributed by atoms with Crippen LogP contribution in [0.4, 0.5) is 5.69 Å². The third kappa shape index (κ3) is 6.31. The van der Waals surface area contributed by atoms with Gasteiger partial charge in [-0.15, -0.1) is 0 Å². The number of hydrogen-bond acceptors (Lipinski definition) is 7. The fourth-order valence-electron chi connectivity index (χ4n) is 10.4. The van der Waals surface area contributed by atoms with Crippen molar-refractivity contribution in [2.45, 2.75) is 107 Å². The second kappa shape index (κ2) is 13.7. The third-order valence-corrected chi connectivity index (χ3v) is 13.9. The molecule has 0 amide bonds. The van der Waals surface area contributed by atoms with Crippen LogP contribution >= 0.6 is 11.6 Å². The predicted octanol–water partition coefficient (Wildman–Crippen LogP) is 8.68. The highest BCUT2D eigenvalue weighted by Crippen LogP contribution is 2.58. The molecule has 2 N–H and O–H groups in total. The topological polar surface area (TPSA) is 93.2 Å². The molecule has 9 heteroatoms. The summed E-state index contributed by atoms with van der Waals surface area (Å²) in [5, 5.41) is 14.7. The van der Waals surface area contributed by atoms with Gasteiger partial charge in [-0.3, -0.25) is 4.98 Å². The van der Waals surface area contributed by atoms with Crippen LogP contribution in [0.1, 0.15) is 99.9 Å². The number of fused-ring (bicyclic) bond motifs is 4. The van der Waals surface area contributed by atoms with E-state index in [0.29, 0.717) is 61.4 Å². The van der Waals surface area contributed by atoms with E-state index in [2.05, 4.69) is 55.3 Å². The second-order valence-electron chi connectivity index (χ2n) is 17.0. The molecule has 2 aromatic carbocycles. The summed E-state index contributed by atoms with van der Waals surface area (Å²) in [6.45, 7) is 6.52. The first-order valence-corrected chi connectivity index (χ1v) is 19.9. The number of carboxylic acids is 1. The second-order valence-corrected chi connectivity index (χ2v) is 17.4. The van der Waals surface area contributed by atoms with E-state index in [9.17, 15) is 9.90 Å². The first-order valence-electron chi connectivity index (χ1n) is 19.5.